The van der Waals surface area contributed by atoms with Gasteiger partial charge in [-0.1, -0.05) is 18.0 Å². The summed E-state index contributed by atoms with van der Waals surface area (Å²) in [6.45, 7) is 0.939. The van der Waals surface area contributed by atoms with Crippen LogP contribution in [0.3, 0.4) is 0 Å². The Labute approximate surface area is 124 Å². The first-order valence-corrected chi connectivity index (χ1v) is 7.47. The molecule has 0 radical (unpaired) electrons. The van der Waals surface area contributed by atoms with Gasteiger partial charge in [-0.25, -0.2) is 0 Å². The summed E-state index contributed by atoms with van der Waals surface area (Å²) in [7, 11) is 0. The zero-order valence-corrected chi connectivity index (χ0v) is 12.2. The van der Waals surface area contributed by atoms with Crippen molar-refractivity contribution in [3.05, 3.63) is 29.3 Å². The van der Waals surface area contributed by atoms with Crippen LogP contribution in [-0.4, -0.2) is 42.1 Å². The van der Waals surface area contributed by atoms with Gasteiger partial charge in [0.1, 0.15) is 18.5 Å². The van der Waals surface area contributed by atoms with E-state index in [9.17, 15) is 10.2 Å². The van der Waals surface area contributed by atoms with Gasteiger partial charge in [-0.15, -0.1) is 0 Å². The lowest BCUT2D eigenvalue weighted by molar-refractivity contribution is 0.0992. The molecule has 2 rings (SSSR count). The number of benzene rings is 1. The topological polar surface area (TPSA) is 61.7 Å². The van der Waals surface area contributed by atoms with Crippen molar-refractivity contribution in [1.82, 2.24) is 5.32 Å². The lowest BCUT2D eigenvalue weighted by Gasteiger charge is -2.21. The largest absolute Gasteiger partial charge is 0.491 e. The second-order valence-electron chi connectivity index (χ2n) is 5.31. The smallest absolute Gasteiger partial charge is 0.119 e. The van der Waals surface area contributed by atoms with Gasteiger partial charge in [0.05, 0.1) is 0 Å². The molecule has 0 spiro atoms. The average Bonchev–Trinajstić information content (AvgIpc) is 2.92. The van der Waals surface area contributed by atoms with Crippen LogP contribution >= 0.6 is 11.6 Å². The van der Waals surface area contributed by atoms with Crippen molar-refractivity contribution in [3.63, 3.8) is 0 Å². The van der Waals surface area contributed by atoms with E-state index in [1.165, 1.54) is 0 Å². The van der Waals surface area contributed by atoms with Gasteiger partial charge in [0.25, 0.3) is 0 Å². The summed E-state index contributed by atoms with van der Waals surface area (Å²) in [5, 5.41) is 23.1. The van der Waals surface area contributed by atoms with Crippen molar-refractivity contribution in [2.75, 3.05) is 19.8 Å². The molecule has 20 heavy (non-hydrogen) atoms. The predicted molar refractivity (Wildman–Crippen MR) is 79.2 cm³/mol. The molecule has 1 fully saturated rings. The van der Waals surface area contributed by atoms with Crippen LogP contribution in [0.1, 0.15) is 19.3 Å². The van der Waals surface area contributed by atoms with Crippen LogP contribution in [0.25, 0.3) is 0 Å². The maximum Gasteiger partial charge on any atom is 0.119 e. The van der Waals surface area contributed by atoms with Gasteiger partial charge in [-0.05, 0) is 43.0 Å². The maximum atomic E-state index is 9.91. The SMILES string of the molecule is OCC1CCCC1NCC(O)COc1ccc(Cl)cc1. The van der Waals surface area contributed by atoms with E-state index in [4.69, 9.17) is 16.3 Å². The Morgan fingerprint density at radius 2 is 2.05 bits per heavy atom. The third-order valence-corrected chi connectivity index (χ3v) is 4.02. The van der Waals surface area contributed by atoms with Crippen LogP contribution in [0.4, 0.5) is 0 Å². The summed E-state index contributed by atoms with van der Waals surface area (Å²) in [5.74, 6) is 1.02. The maximum absolute atomic E-state index is 9.91. The highest BCUT2D eigenvalue weighted by Crippen LogP contribution is 2.24. The minimum absolute atomic E-state index is 0.217. The number of ether oxygens (including phenoxy) is 1. The highest BCUT2D eigenvalue weighted by atomic mass is 35.5. The molecule has 3 N–H and O–H groups in total. The fraction of sp³-hybridized carbons (Fsp3) is 0.600. The molecule has 0 aromatic heterocycles. The summed E-state index contributed by atoms with van der Waals surface area (Å²) >= 11 is 5.79. The number of nitrogens with one attached hydrogen (secondary N) is 1. The molecule has 4 nitrogen and oxygen atoms in total. The fourth-order valence-corrected chi connectivity index (χ4v) is 2.72. The van der Waals surface area contributed by atoms with Crippen LogP contribution in [0, 0.1) is 5.92 Å². The van der Waals surface area contributed by atoms with E-state index in [-0.39, 0.29) is 13.2 Å². The molecule has 1 aromatic rings. The second-order valence-corrected chi connectivity index (χ2v) is 5.74. The molecule has 1 aliphatic carbocycles. The van der Waals surface area contributed by atoms with E-state index in [2.05, 4.69) is 5.32 Å². The number of halogens is 1. The summed E-state index contributed by atoms with van der Waals surface area (Å²) < 4.78 is 5.49. The first kappa shape index (κ1) is 15.6. The lowest BCUT2D eigenvalue weighted by atomic mass is 10.1. The molecule has 1 aromatic carbocycles. The molecule has 0 amide bonds. The van der Waals surface area contributed by atoms with E-state index in [1.807, 2.05) is 0 Å². The van der Waals surface area contributed by atoms with Crippen LogP contribution in [0.15, 0.2) is 24.3 Å². The van der Waals surface area contributed by atoms with Crippen LogP contribution < -0.4 is 10.1 Å². The van der Waals surface area contributed by atoms with Gasteiger partial charge in [-0.2, -0.15) is 0 Å². The molecule has 0 aliphatic heterocycles. The molecule has 0 saturated heterocycles. The average molecular weight is 300 g/mol. The number of aliphatic hydroxyl groups is 2. The zero-order valence-electron chi connectivity index (χ0n) is 11.5. The Hall–Kier alpha value is -0.810. The minimum atomic E-state index is -0.564. The van der Waals surface area contributed by atoms with Crippen molar-refractivity contribution in [2.24, 2.45) is 5.92 Å². The second kappa shape index (κ2) is 7.84. The fourth-order valence-electron chi connectivity index (χ4n) is 2.59. The third-order valence-electron chi connectivity index (χ3n) is 3.77. The summed E-state index contributed by atoms with van der Waals surface area (Å²) in [6, 6.07) is 7.38. The monoisotopic (exact) mass is 299 g/mol. The van der Waals surface area contributed by atoms with E-state index >= 15 is 0 Å². The Balaban J connectivity index is 1.67. The van der Waals surface area contributed by atoms with Crippen molar-refractivity contribution in [1.29, 1.82) is 0 Å². The third kappa shape index (κ3) is 4.63. The van der Waals surface area contributed by atoms with Gasteiger partial charge < -0.3 is 20.3 Å². The van der Waals surface area contributed by atoms with Gasteiger partial charge in [-0.3, -0.25) is 0 Å². The normalized spacial score (nSPS) is 23.8. The quantitative estimate of drug-likeness (QED) is 0.719. The van der Waals surface area contributed by atoms with Gasteiger partial charge in [0.15, 0.2) is 0 Å². The Morgan fingerprint density at radius 1 is 1.30 bits per heavy atom. The molecule has 0 heterocycles. The summed E-state index contributed by atoms with van der Waals surface area (Å²) in [5.41, 5.74) is 0. The molecule has 0 bridgehead atoms. The molecule has 3 unspecified atom stereocenters. The van der Waals surface area contributed by atoms with E-state index in [1.54, 1.807) is 24.3 Å². The van der Waals surface area contributed by atoms with Gasteiger partial charge in [0, 0.05) is 24.2 Å². The van der Waals surface area contributed by atoms with Crippen molar-refractivity contribution < 1.29 is 14.9 Å². The Kier molecular flexibility index (Phi) is 6.10. The molecule has 1 aliphatic rings. The predicted octanol–water partition coefficient (Wildman–Crippen LogP) is 1.83. The zero-order chi connectivity index (χ0) is 14.4. The molecule has 3 atom stereocenters. The minimum Gasteiger partial charge on any atom is -0.491 e. The number of rotatable bonds is 7. The Bertz CT molecular complexity index is 399. The van der Waals surface area contributed by atoms with E-state index in [0.29, 0.717) is 29.3 Å². The number of aliphatic hydroxyl groups excluding tert-OH is 2. The van der Waals surface area contributed by atoms with Crippen LogP contribution in [0.2, 0.25) is 5.02 Å². The number of hydrogen-bond donors (Lipinski definition) is 3. The van der Waals surface area contributed by atoms with Crippen LogP contribution in [-0.2, 0) is 0 Å². The highest BCUT2D eigenvalue weighted by molar-refractivity contribution is 6.30. The summed E-state index contributed by atoms with van der Waals surface area (Å²) in [4.78, 5) is 0. The Morgan fingerprint density at radius 3 is 2.75 bits per heavy atom. The highest BCUT2D eigenvalue weighted by Gasteiger charge is 2.26. The van der Waals surface area contributed by atoms with Crippen molar-refractivity contribution in [3.8, 4) is 5.75 Å². The summed E-state index contributed by atoms with van der Waals surface area (Å²) in [6.07, 6.45) is 2.70. The van der Waals surface area contributed by atoms with E-state index < -0.39 is 6.10 Å². The van der Waals surface area contributed by atoms with Gasteiger partial charge in [0.2, 0.25) is 0 Å². The van der Waals surface area contributed by atoms with Crippen molar-refractivity contribution in [2.45, 2.75) is 31.4 Å². The lowest BCUT2D eigenvalue weighted by Crippen LogP contribution is -2.40. The molecule has 5 heteroatoms. The molecular weight excluding hydrogens is 278 g/mol. The van der Waals surface area contributed by atoms with E-state index in [0.717, 1.165) is 19.3 Å². The first-order chi connectivity index (χ1) is 9.69. The molecule has 112 valence electrons. The molecule has 1 saturated carbocycles. The van der Waals surface area contributed by atoms with Crippen molar-refractivity contribution >= 4 is 11.6 Å². The standard InChI is InChI=1S/C15H22ClNO3/c16-12-4-6-14(7-5-12)20-10-13(19)8-17-15-3-1-2-11(15)9-18/h4-7,11,13,15,17-19H,1-3,8-10H2. The van der Waals surface area contributed by atoms with Gasteiger partial charge >= 0.3 is 0 Å². The molecular formula is C15H22ClNO3. The number of hydrogen-bond acceptors (Lipinski definition) is 4. The first-order valence-electron chi connectivity index (χ1n) is 7.09. The van der Waals surface area contributed by atoms with Crippen LogP contribution in [0.5, 0.6) is 5.75 Å².